The van der Waals surface area contributed by atoms with Gasteiger partial charge in [0.25, 0.3) is 0 Å². The zero-order valence-corrected chi connectivity index (χ0v) is 12.7. The van der Waals surface area contributed by atoms with Crippen molar-refractivity contribution in [3.05, 3.63) is 11.6 Å². The molecule has 0 aliphatic carbocycles. The fourth-order valence-corrected chi connectivity index (χ4v) is 2.72. The number of fused-ring (bicyclic) bond motifs is 1. The summed E-state index contributed by atoms with van der Waals surface area (Å²) in [5, 5.41) is 12.4. The van der Waals surface area contributed by atoms with Crippen molar-refractivity contribution in [3.8, 4) is 0 Å². The second-order valence-corrected chi connectivity index (χ2v) is 6.64. The third-order valence-electron chi connectivity index (χ3n) is 3.65. The maximum absolute atomic E-state index is 5.20. The molecule has 1 aromatic rings. The normalized spacial score (nSPS) is 21.2. The molecule has 19 heavy (non-hydrogen) atoms. The van der Waals surface area contributed by atoms with Crippen LogP contribution in [0.4, 0.5) is 0 Å². The first-order valence-corrected chi connectivity index (χ1v) is 7.07. The number of hydrogen-bond acceptors (Lipinski definition) is 4. The van der Waals surface area contributed by atoms with E-state index in [9.17, 15) is 0 Å². The van der Waals surface area contributed by atoms with Crippen LogP contribution in [-0.4, -0.2) is 35.0 Å². The van der Waals surface area contributed by atoms with E-state index in [2.05, 4.69) is 47.8 Å². The average Bonchev–Trinajstić information content (AvgIpc) is 2.71. The average molecular weight is 266 g/mol. The Morgan fingerprint density at radius 2 is 2.16 bits per heavy atom. The van der Waals surface area contributed by atoms with Gasteiger partial charge in [-0.05, 0) is 11.3 Å². The minimum atomic E-state index is 0.153. The lowest BCUT2D eigenvalue weighted by Gasteiger charge is -2.34. The first kappa shape index (κ1) is 14.5. The Hall–Kier alpha value is -0.940. The van der Waals surface area contributed by atoms with Crippen molar-refractivity contribution >= 4 is 0 Å². The molecule has 0 fully saturated rings. The van der Waals surface area contributed by atoms with Gasteiger partial charge in [-0.25, -0.2) is 0 Å². The van der Waals surface area contributed by atoms with Gasteiger partial charge in [0.1, 0.15) is 5.82 Å². The van der Waals surface area contributed by atoms with Crippen LogP contribution in [0.15, 0.2) is 0 Å². The highest BCUT2D eigenvalue weighted by molar-refractivity contribution is 5.08. The Bertz CT molecular complexity index is 422. The monoisotopic (exact) mass is 266 g/mol. The molecule has 1 aromatic heterocycles. The molecule has 1 aliphatic rings. The van der Waals surface area contributed by atoms with Crippen LogP contribution in [-0.2, 0) is 17.7 Å². The molecule has 0 radical (unpaired) electrons. The largest absolute Gasteiger partial charge is 0.384 e. The molecule has 0 saturated carbocycles. The molecule has 5 nitrogen and oxygen atoms in total. The number of rotatable bonds is 4. The standard InChI is InChI=1S/C14H26N4O/c1-10(9-19-5)8-11-16-17-13-12(14(2,3)4)15-6-7-18(11)13/h10,12,15H,6-9H2,1-5H3. The van der Waals surface area contributed by atoms with E-state index in [1.54, 1.807) is 7.11 Å². The van der Waals surface area contributed by atoms with Crippen LogP contribution in [0.2, 0.25) is 0 Å². The zero-order valence-electron chi connectivity index (χ0n) is 12.7. The van der Waals surface area contributed by atoms with E-state index < -0.39 is 0 Å². The second-order valence-electron chi connectivity index (χ2n) is 6.64. The van der Waals surface area contributed by atoms with Crippen molar-refractivity contribution in [1.29, 1.82) is 0 Å². The lowest BCUT2D eigenvalue weighted by molar-refractivity contribution is 0.158. The van der Waals surface area contributed by atoms with Crippen molar-refractivity contribution < 1.29 is 4.74 Å². The molecule has 0 amide bonds. The summed E-state index contributed by atoms with van der Waals surface area (Å²) in [7, 11) is 1.75. The molecule has 2 rings (SSSR count). The van der Waals surface area contributed by atoms with Crippen LogP contribution in [0.25, 0.3) is 0 Å². The van der Waals surface area contributed by atoms with Crippen LogP contribution in [0, 0.1) is 11.3 Å². The third kappa shape index (κ3) is 3.15. The maximum atomic E-state index is 5.20. The van der Waals surface area contributed by atoms with E-state index in [-0.39, 0.29) is 11.5 Å². The summed E-state index contributed by atoms with van der Waals surface area (Å²) in [5.41, 5.74) is 0.153. The van der Waals surface area contributed by atoms with E-state index in [0.717, 1.165) is 37.8 Å². The predicted molar refractivity (Wildman–Crippen MR) is 75.0 cm³/mol. The smallest absolute Gasteiger partial charge is 0.150 e. The molecule has 1 N–H and O–H groups in total. The minimum Gasteiger partial charge on any atom is -0.384 e. The van der Waals surface area contributed by atoms with Gasteiger partial charge in [0, 0.05) is 33.2 Å². The highest BCUT2D eigenvalue weighted by Gasteiger charge is 2.33. The Labute approximate surface area is 115 Å². The van der Waals surface area contributed by atoms with E-state index in [1.165, 1.54) is 0 Å². The van der Waals surface area contributed by atoms with Crippen molar-refractivity contribution in [2.45, 2.75) is 46.7 Å². The first-order chi connectivity index (χ1) is 8.93. The SMILES string of the molecule is COCC(C)Cc1nnc2n1CCNC2C(C)(C)C. The molecule has 1 aliphatic heterocycles. The number of hydrogen-bond donors (Lipinski definition) is 1. The van der Waals surface area contributed by atoms with Gasteiger partial charge in [-0.15, -0.1) is 10.2 Å². The molecule has 0 bridgehead atoms. The van der Waals surface area contributed by atoms with Crippen molar-refractivity contribution in [2.24, 2.45) is 11.3 Å². The van der Waals surface area contributed by atoms with Gasteiger partial charge in [0.2, 0.25) is 0 Å². The summed E-state index contributed by atoms with van der Waals surface area (Å²) in [4.78, 5) is 0. The molecule has 2 heterocycles. The van der Waals surface area contributed by atoms with Crippen LogP contribution < -0.4 is 5.32 Å². The molecule has 108 valence electrons. The number of aromatic nitrogens is 3. The second kappa shape index (κ2) is 5.59. The number of nitrogens with zero attached hydrogens (tertiary/aromatic N) is 3. The van der Waals surface area contributed by atoms with E-state index in [0.29, 0.717) is 5.92 Å². The van der Waals surface area contributed by atoms with Gasteiger partial charge in [-0.2, -0.15) is 0 Å². The van der Waals surface area contributed by atoms with Gasteiger partial charge >= 0.3 is 0 Å². The topological polar surface area (TPSA) is 52.0 Å². The molecule has 0 saturated heterocycles. The zero-order chi connectivity index (χ0) is 14.0. The van der Waals surface area contributed by atoms with Crippen LogP contribution in [0.1, 0.15) is 45.4 Å². The Morgan fingerprint density at radius 1 is 1.42 bits per heavy atom. The predicted octanol–water partition coefficient (Wildman–Crippen LogP) is 1.79. The summed E-state index contributed by atoms with van der Waals surface area (Å²) in [6.45, 7) is 11.6. The number of nitrogens with one attached hydrogen (secondary N) is 1. The molecule has 2 unspecified atom stereocenters. The summed E-state index contributed by atoms with van der Waals surface area (Å²) in [6.07, 6.45) is 0.928. The fourth-order valence-electron chi connectivity index (χ4n) is 2.72. The lowest BCUT2D eigenvalue weighted by atomic mass is 9.85. The van der Waals surface area contributed by atoms with E-state index >= 15 is 0 Å². The summed E-state index contributed by atoms with van der Waals surface area (Å²) < 4.78 is 7.49. The van der Waals surface area contributed by atoms with Gasteiger partial charge < -0.3 is 14.6 Å². The van der Waals surface area contributed by atoms with Crippen LogP contribution in [0.3, 0.4) is 0 Å². The highest BCUT2D eigenvalue weighted by atomic mass is 16.5. The van der Waals surface area contributed by atoms with Gasteiger partial charge in [-0.3, -0.25) is 0 Å². The molecular weight excluding hydrogens is 240 g/mol. The van der Waals surface area contributed by atoms with Crippen molar-refractivity contribution in [2.75, 3.05) is 20.3 Å². The molecule has 0 aromatic carbocycles. The lowest BCUT2D eigenvalue weighted by Crippen LogP contribution is -2.41. The van der Waals surface area contributed by atoms with Crippen molar-refractivity contribution in [3.63, 3.8) is 0 Å². The van der Waals surface area contributed by atoms with E-state index in [1.807, 2.05) is 0 Å². The molecule has 5 heteroatoms. The molecule has 2 atom stereocenters. The quantitative estimate of drug-likeness (QED) is 0.903. The van der Waals surface area contributed by atoms with Crippen LogP contribution >= 0.6 is 0 Å². The van der Waals surface area contributed by atoms with Gasteiger partial charge in [0.05, 0.1) is 6.04 Å². The molecular formula is C14H26N4O. The Morgan fingerprint density at radius 3 is 2.79 bits per heavy atom. The van der Waals surface area contributed by atoms with Crippen LogP contribution in [0.5, 0.6) is 0 Å². The fraction of sp³-hybridized carbons (Fsp3) is 0.857. The Balaban J connectivity index is 2.20. The third-order valence-corrected chi connectivity index (χ3v) is 3.65. The van der Waals surface area contributed by atoms with Crippen molar-refractivity contribution in [1.82, 2.24) is 20.1 Å². The Kier molecular flexibility index (Phi) is 4.26. The number of methoxy groups -OCH3 is 1. The summed E-state index contributed by atoms with van der Waals surface area (Å²) in [6, 6.07) is 0.278. The minimum absolute atomic E-state index is 0.153. The summed E-state index contributed by atoms with van der Waals surface area (Å²) >= 11 is 0. The summed E-state index contributed by atoms with van der Waals surface area (Å²) in [5.74, 6) is 2.65. The van der Waals surface area contributed by atoms with Gasteiger partial charge in [0.15, 0.2) is 5.82 Å². The van der Waals surface area contributed by atoms with Gasteiger partial charge in [-0.1, -0.05) is 27.7 Å². The number of ether oxygens (including phenoxy) is 1. The van der Waals surface area contributed by atoms with E-state index in [4.69, 9.17) is 4.74 Å². The highest BCUT2D eigenvalue weighted by Crippen LogP contribution is 2.33. The first-order valence-electron chi connectivity index (χ1n) is 7.07. The molecule has 0 spiro atoms. The maximum Gasteiger partial charge on any atom is 0.150 e.